The van der Waals surface area contributed by atoms with Gasteiger partial charge in [-0.05, 0) is 23.6 Å². The van der Waals surface area contributed by atoms with E-state index in [9.17, 15) is 4.79 Å². The molecule has 0 saturated heterocycles. The molecule has 0 spiro atoms. The molecule has 0 unspecified atom stereocenters. The Morgan fingerprint density at radius 3 is 2.94 bits per heavy atom. The number of hydrogen-bond acceptors (Lipinski definition) is 3. The van der Waals surface area contributed by atoms with Gasteiger partial charge in [-0.2, -0.15) is 0 Å². The van der Waals surface area contributed by atoms with Gasteiger partial charge in [0, 0.05) is 13.2 Å². The predicted molar refractivity (Wildman–Crippen MR) is 61.7 cm³/mol. The maximum Gasteiger partial charge on any atom is 0.256 e. The average Bonchev–Trinajstić information content (AvgIpc) is 2.63. The van der Waals surface area contributed by atoms with Crippen LogP contribution in [0.4, 0.5) is 0 Å². The number of rotatable bonds is 6. The molecule has 16 heavy (non-hydrogen) atoms. The van der Waals surface area contributed by atoms with Crippen LogP contribution in [0.5, 0.6) is 0 Å². The van der Waals surface area contributed by atoms with Crippen LogP contribution in [0.2, 0.25) is 5.22 Å². The molecule has 1 heterocycles. The fourth-order valence-electron chi connectivity index (χ4n) is 1.11. The summed E-state index contributed by atoms with van der Waals surface area (Å²) in [7, 11) is 0. The third kappa shape index (κ3) is 4.24. The second kappa shape index (κ2) is 6.55. The third-order valence-corrected chi connectivity index (χ3v) is 2.14. The molecule has 1 aromatic rings. The van der Waals surface area contributed by atoms with Crippen LogP contribution in [0.25, 0.3) is 0 Å². The molecular weight excluding hydrogens is 230 g/mol. The van der Waals surface area contributed by atoms with Gasteiger partial charge in [-0.25, -0.2) is 0 Å². The van der Waals surface area contributed by atoms with Gasteiger partial charge in [-0.15, -0.1) is 0 Å². The van der Waals surface area contributed by atoms with Crippen molar-refractivity contribution in [1.82, 2.24) is 5.32 Å². The molecule has 4 nitrogen and oxygen atoms in total. The topological polar surface area (TPSA) is 51.5 Å². The molecule has 1 aromatic heterocycles. The molecule has 1 amide bonds. The first-order chi connectivity index (χ1) is 7.61. The van der Waals surface area contributed by atoms with E-state index in [2.05, 4.69) is 19.2 Å². The van der Waals surface area contributed by atoms with Crippen molar-refractivity contribution in [2.75, 3.05) is 19.8 Å². The van der Waals surface area contributed by atoms with E-state index in [1.54, 1.807) is 0 Å². The molecule has 0 radical (unpaired) electrons. The number of furan rings is 1. The van der Waals surface area contributed by atoms with Crippen LogP contribution in [0.15, 0.2) is 16.7 Å². The van der Waals surface area contributed by atoms with Crippen molar-refractivity contribution in [2.24, 2.45) is 5.92 Å². The zero-order chi connectivity index (χ0) is 12.0. The van der Waals surface area contributed by atoms with E-state index in [1.807, 2.05) is 0 Å². The van der Waals surface area contributed by atoms with E-state index >= 15 is 0 Å². The predicted octanol–water partition coefficient (Wildman–Crippen LogP) is 2.34. The van der Waals surface area contributed by atoms with Gasteiger partial charge in [0.05, 0.1) is 18.4 Å². The Morgan fingerprint density at radius 2 is 2.38 bits per heavy atom. The lowest BCUT2D eigenvalue weighted by atomic mass is 10.2. The van der Waals surface area contributed by atoms with Crippen molar-refractivity contribution in [3.05, 3.63) is 23.1 Å². The Kier molecular flexibility index (Phi) is 5.35. The summed E-state index contributed by atoms with van der Waals surface area (Å²) in [5, 5.41) is 2.80. The van der Waals surface area contributed by atoms with Gasteiger partial charge in [0.25, 0.3) is 5.91 Å². The fourth-order valence-corrected chi connectivity index (χ4v) is 1.31. The number of hydrogen-bond donors (Lipinski definition) is 1. The highest BCUT2D eigenvalue weighted by atomic mass is 35.5. The smallest absolute Gasteiger partial charge is 0.256 e. The lowest BCUT2D eigenvalue weighted by molar-refractivity contribution is 0.0886. The fraction of sp³-hybridized carbons (Fsp3) is 0.545. The van der Waals surface area contributed by atoms with Crippen LogP contribution >= 0.6 is 11.6 Å². The van der Waals surface area contributed by atoms with E-state index in [4.69, 9.17) is 20.8 Å². The molecule has 0 bridgehead atoms. The summed E-state index contributed by atoms with van der Waals surface area (Å²) in [6, 6.07) is 1.53. The maximum atomic E-state index is 11.5. The van der Waals surface area contributed by atoms with Crippen molar-refractivity contribution in [3.63, 3.8) is 0 Å². The number of halogens is 1. The lowest BCUT2D eigenvalue weighted by Crippen LogP contribution is -2.27. The summed E-state index contributed by atoms with van der Waals surface area (Å²) in [6.07, 6.45) is 1.38. The second-order valence-corrected chi connectivity index (χ2v) is 4.18. The minimum atomic E-state index is -0.244. The van der Waals surface area contributed by atoms with Gasteiger partial charge in [0.2, 0.25) is 5.22 Å². The Hall–Kier alpha value is -1.00. The van der Waals surface area contributed by atoms with E-state index in [1.165, 1.54) is 12.3 Å². The summed E-state index contributed by atoms with van der Waals surface area (Å²) in [4.78, 5) is 11.5. The summed E-state index contributed by atoms with van der Waals surface area (Å²) in [5.74, 6) is 0.255. The largest absolute Gasteiger partial charge is 0.452 e. The van der Waals surface area contributed by atoms with E-state index in [0.29, 0.717) is 31.2 Å². The van der Waals surface area contributed by atoms with Crippen molar-refractivity contribution in [1.29, 1.82) is 0 Å². The summed E-state index contributed by atoms with van der Waals surface area (Å²) in [6.45, 7) is 5.81. The quantitative estimate of drug-likeness (QED) is 0.783. The number of amides is 1. The molecule has 90 valence electrons. The second-order valence-electron chi connectivity index (χ2n) is 3.83. The first kappa shape index (κ1) is 13.1. The number of ether oxygens (including phenoxy) is 1. The first-order valence-electron chi connectivity index (χ1n) is 5.20. The molecule has 0 aliphatic heterocycles. The number of nitrogens with one attached hydrogen (secondary N) is 1. The molecule has 0 saturated carbocycles. The maximum absolute atomic E-state index is 11.5. The van der Waals surface area contributed by atoms with Crippen molar-refractivity contribution >= 4 is 17.5 Å². The van der Waals surface area contributed by atoms with Crippen LogP contribution in [-0.2, 0) is 4.74 Å². The molecule has 0 aliphatic carbocycles. The highest BCUT2D eigenvalue weighted by Crippen LogP contribution is 2.15. The Bertz CT molecular complexity index is 336. The van der Waals surface area contributed by atoms with Crippen molar-refractivity contribution < 1.29 is 13.9 Å². The zero-order valence-electron chi connectivity index (χ0n) is 9.46. The van der Waals surface area contributed by atoms with Crippen LogP contribution < -0.4 is 5.32 Å². The van der Waals surface area contributed by atoms with Gasteiger partial charge >= 0.3 is 0 Å². The Labute approximate surface area is 99.9 Å². The van der Waals surface area contributed by atoms with Crippen molar-refractivity contribution in [2.45, 2.75) is 13.8 Å². The number of carbonyl (C=O) groups excluding carboxylic acids is 1. The molecular formula is C11H16ClNO3. The van der Waals surface area contributed by atoms with Crippen LogP contribution in [-0.4, -0.2) is 25.7 Å². The first-order valence-corrected chi connectivity index (χ1v) is 5.58. The monoisotopic (exact) mass is 245 g/mol. The standard InChI is InChI=1S/C11H16ClNO3/c1-8(2)7-15-6-4-13-11(14)9-3-5-16-10(9)12/h3,5,8H,4,6-7H2,1-2H3,(H,13,14). The van der Waals surface area contributed by atoms with Crippen LogP contribution in [0, 0.1) is 5.92 Å². The van der Waals surface area contributed by atoms with Gasteiger partial charge in [0.1, 0.15) is 0 Å². The van der Waals surface area contributed by atoms with E-state index in [-0.39, 0.29) is 11.1 Å². The molecule has 0 atom stereocenters. The average molecular weight is 246 g/mol. The van der Waals surface area contributed by atoms with Crippen molar-refractivity contribution in [3.8, 4) is 0 Å². The lowest BCUT2D eigenvalue weighted by Gasteiger charge is -2.07. The van der Waals surface area contributed by atoms with E-state index in [0.717, 1.165) is 0 Å². The normalized spacial score (nSPS) is 10.8. The molecule has 0 aromatic carbocycles. The molecule has 0 fully saturated rings. The van der Waals surface area contributed by atoms with Gasteiger partial charge in [-0.3, -0.25) is 4.79 Å². The molecule has 1 N–H and O–H groups in total. The third-order valence-electron chi connectivity index (χ3n) is 1.85. The number of carbonyl (C=O) groups is 1. The van der Waals surface area contributed by atoms with Gasteiger partial charge in [0.15, 0.2) is 0 Å². The van der Waals surface area contributed by atoms with Crippen LogP contribution in [0.1, 0.15) is 24.2 Å². The Balaban J connectivity index is 2.19. The minimum absolute atomic E-state index is 0.112. The summed E-state index contributed by atoms with van der Waals surface area (Å²) >= 11 is 5.66. The minimum Gasteiger partial charge on any atom is -0.452 e. The highest BCUT2D eigenvalue weighted by molar-refractivity contribution is 6.32. The summed E-state index contributed by atoms with van der Waals surface area (Å²) < 4.78 is 10.1. The SMILES string of the molecule is CC(C)COCCNC(=O)c1ccoc1Cl. The molecule has 5 heteroatoms. The summed E-state index contributed by atoms with van der Waals surface area (Å²) in [5.41, 5.74) is 0.352. The Morgan fingerprint density at radius 1 is 1.62 bits per heavy atom. The molecule has 1 rings (SSSR count). The van der Waals surface area contributed by atoms with E-state index < -0.39 is 0 Å². The molecule has 0 aliphatic rings. The van der Waals surface area contributed by atoms with Gasteiger partial charge < -0.3 is 14.5 Å². The van der Waals surface area contributed by atoms with Crippen LogP contribution in [0.3, 0.4) is 0 Å². The van der Waals surface area contributed by atoms with Gasteiger partial charge in [-0.1, -0.05) is 13.8 Å². The highest BCUT2D eigenvalue weighted by Gasteiger charge is 2.11. The zero-order valence-corrected chi connectivity index (χ0v) is 10.2.